The molecule has 0 aliphatic rings. The number of aromatic nitrogens is 2. The molecule has 2 unspecified atom stereocenters. The first-order valence-corrected chi connectivity index (χ1v) is 5.22. The van der Waals surface area contributed by atoms with E-state index < -0.39 is 18.2 Å². The summed E-state index contributed by atoms with van der Waals surface area (Å²) in [5, 5.41) is 26.6. The SMILES string of the molecule is COC(=O)C(O)C(O)c1ccc2c(N)n[nH]c2c1. The predicted molar refractivity (Wildman–Crippen MR) is 63.5 cm³/mol. The Morgan fingerprint density at radius 3 is 2.89 bits per heavy atom. The molecule has 1 aromatic heterocycles. The monoisotopic (exact) mass is 251 g/mol. The highest BCUT2D eigenvalue weighted by atomic mass is 16.5. The number of nitrogens with one attached hydrogen (secondary N) is 1. The number of aliphatic hydroxyl groups is 2. The van der Waals surface area contributed by atoms with E-state index >= 15 is 0 Å². The number of hydrogen-bond acceptors (Lipinski definition) is 6. The number of methoxy groups -OCH3 is 1. The minimum absolute atomic E-state index is 0.347. The summed E-state index contributed by atoms with van der Waals surface area (Å²) < 4.78 is 4.36. The molecule has 2 atom stereocenters. The van der Waals surface area contributed by atoms with Gasteiger partial charge in [-0.2, -0.15) is 5.10 Å². The number of fused-ring (bicyclic) bond motifs is 1. The van der Waals surface area contributed by atoms with E-state index in [-0.39, 0.29) is 0 Å². The number of nitrogens with zero attached hydrogens (tertiary/aromatic N) is 1. The van der Waals surface area contributed by atoms with Crippen molar-refractivity contribution in [1.29, 1.82) is 0 Å². The normalized spacial score (nSPS) is 14.4. The van der Waals surface area contributed by atoms with Crippen LogP contribution in [0.1, 0.15) is 11.7 Å². The Morgan fingerprint density at radius 1 is 1.50 bits per heavy atom. The van der Waals surface area contributed by atoms with Crippen LogP contribution in [0.3, 0.4) is 0 Å². The topological polar surface area (TPSA) is 121 Å². The number of nitrogen functional groups attached to an aromatic ring is 1. The summed E-state index contributed by atoms with van der Waals surface area (Å²) in [6.07, 6.45) is -3.00. The third kappa shape index (κ3) is 2.01. The van der Waals surface area contributed by atoms with Gasteiger partial charge < -0.3 is 20.7 Å². The van der Waals surface area contributed by atoms with Crippen molar-refractivity contribution < 1.29 is 19.7 Å². The van der Waals surface area contributed by atoms with Crippen LogP contribution in [0.15, 0.2) is 18.2 Å². The number of benzene rings is 1. The molecule has 0 saturated carbocycles. The zero-order valence-corrected chi connectivity index (χ0v) is 9.62. The molecule has 7 nitrogen and oxygen atoms in total. The highest BCUT2D eigenvalue weighted by Crippen LogP contribution is 2.24. The van der Waals surface area contributed by atoms with E-state index in [1.165, 1.54) is 0 Å². The molecular formula is C11H13N3O4. The molecule has 0 amide bonds. The van der Waals surface area contributed by atoms with Gasteiger partial charge in [-0.25, -0.2) is 4.79 Å². The Kier molecular flexibility index (Phi) is 3.17. The number of carbonyl (C=O) groups is 1. The van der Waals surface area contributed by atoms with E-state index in [0.29, 0.717) is 22.3 Å². The molecule has 7 heteroatoms. The lowest BCUT2D eigenvalue weighted by Gasteiger charge is -2.15. The summed E-state index contributed by atoms with van der Waals surface area (Å²) in [6, 6.07) is 4.78. The largest absolute Gasteiger partial charge is 0.467 e. The van der Waals surface area contributed by atoms with Crippen molar-refractivity contribution in [2.45, 2.75) is 12.2 Å². The second kappa shape index (κ2) is 4.63. The summed E-state index contributed by atoms with van der Waals surface area (Å²) in [7, 11) is 1.14. The number of carbonyl (C=O) groups excluding carboxylic acids is 1. The van der Waals surface area contributed by atoms with Crippen molar-refractivity contribution in [3.63, 3.8) is 0 Å². The first-order valence-electron chi connectivity index (χ1n) is 5.22. The van der Waals surface area contributed by atoms with Gasteiger partial charge in [-0.15, -0.1) is 0 Å². The van der Waals surface area contributed by atoms with Crippen LogP contribution in [-0.2, 0) is 9.53 Å². The maximum Gasteiger partial charge on any atom is 0.337 e. The number of rotatable bonds is 3. The predicted octanol–water partition coefficient (Wildman–Crippen LogP) is -0.288. The summed E-state index contributed by atoms with van der Waals surface area (Å²) in [4.78, 5) is 11.1. The van der Waals surface area contributed by atoms with Crippen molar-refractivity contribution in [2.75, 3.05) is 12.8 Å². The lowest BCUT2D eigenvalue weighted by atomic mass is 10.0. The summed E-state index contributed by atoms with van der Waals surface area (Å²) >= 11 is 0. The number of aliphatic hydroxyl groups excluding tert-OH is 2. The maximum atomic E-state index is 11.1. The Morgan fingerprint density at radius 2 is 2.22 bits per heavy atom. The number of ether oxygens (including phenoxy) is 1. The van der Waals surface area contributed by atoms with Gasteiger partial charge in [0, 0.05) is 5.39 Å². The lowest BCUT2D eigenvalue weighted by Crippen LogP contribution is -2.28. The van der Waals surface area contributed by atoms with Gasteiger partial charge in [-0.05, 0) is 17.7 Å². The molecule has 1 heterocycles. The third-order valence-electron chi connectivity index (χ3n) is 2.70. The van der Waals surface area contributed by atoms with E-state index in [1.54, 1.807) is 18.2 Å². The smallest absolute Gasteiger partial charge is 0.337 e. The van der Waals surface area contributed by atoms with Crippen LogP contribution >= 0.6 is 0 Å². The number of aromatic amines is 1. The standard InChI is InChI=1S/C11H13N3O4/c1-18-11(17)9(16)8(15)5-2-3-6-7(4-5)13-14-10(6)12/h2-4,8-9,15-16H,1H3,(H3,12,13,14). The van der Waals surface area contributed by atoms with Gasteiger partial charge in [0.2, 0.25) is 0 Å². The molecule has 2 rings (SSSR count). The minimum atomic E-state index is -1.63. The molecule has 0 fully saturated rings. The summed E-state index contributed by atoms with van der Waals surface area (Å²) in [6.45, 7) is 0. The number of anilines is 1. The van der Waals surface area contributed by atoms with Crippen molar-refractivity contribution in [3.05, 3.63) is 23.8 Å². The Hall–Kier alpha value is -2.12. The maximum absolute atomic E-state index is 11.1. The highest BCUT2D eigenvalue weighted by molar-refractivity contribution is 5.89. The zero-order chi connectivity index (χ0) is 13.3. The number of nitrogens with two attached hydrogens (primary N) is 1. The van der Waals surface area contributed by atoms with Gasteiger partial charge in [-0.3, -0.25) is 5.10 Å². The van der Waals surface area contributed by atoms with Gasteiger partial charge in [0.15, 0.2) is 11.9 Å². The Labute approximate surface area is 102 Å². The Bertz CT molecular complexity index is 581. The van der Waals surface area contributed by atoms with E-state index in [4.69, 9.17) is 5.73 Å². The Balaban J connectivity index is 2.33. The molecule has 0 radical (unpaired) electrons. The van der Waals surface area contributed by atoms with E-state index in [0.717, 1.165) is 7.11 Å². The molecule has 96 valence electrons. The van der Waals surface area contributed by atoms with Gasteiger partial charge in [0.25, 0.3) is 0 Å². The molecule has 0 saturated heterocycles. The van der Waals surface area contributed by atoms with Crippen LogP contribution < -0.4 is 5.73 Å². The zero-order valence-electron chi connectivity index (χ0n) is 9.62. The number of H-pyrrole nitrogens is 1. The molecular weight excluding hydrogens is 238 g/mol. The van der Waals surface area contributed by atoms with Crippen molar-refractivity contribution in [1.82, 2.24) is 10.2 Å². The van der Waals surface area contributed by atoms with E-state index in [9.17, 15) is 15.0 Å². The van der Waals surface area contributed by atoms with Gasteiger partial charge >= 0.3 is 5.97 Å². The lowest BCUT2D eigenvalue weighted by molar-refractivity contribution is -0.156. The second-order valence-electron chi connectivity index (χ2n) is 3.83. The highest BCUT2D eigenvalue weighted by Gasteiger charge is 2.26. The first kappa shape index (κ1) is 12.3. The summed E-state index contributed by atoms with van der Waals surface area (Å²) in [5.41, 5.74) is 6.58. The fourth-order valence-corrected chi connectivity index (χ4v) is 1.67. The van der Waals surface area contributed by atoms with Gasteiger partial charge in [0.1, 0.15) is 6.10 Å². The average Bonchev–Trinajstić information content (AvgIpc) is 2.77. The number of esters is 1. The van der Waals surface area contributed by atoms with Gasteiger partial charge in [-0.1, -0.05) is 6.07 Å². The third-order valence-corrected chi connectivity index (χ3v) is 2.70. The summed E-state index contributed by atoms with van der Waals surface area (Å²) in [5.74, 6) is -0.550. The van der Waals surface area contributed by atoms with Crippen molar-refractivity contribution in [2.24, 2.45) is 0 Å². The molecule has 1 aromatic carbocycles. The van der Waals surface area contributed by atoms with Crippen molar-refractivity contribution in [3.8, 4) is 0 Å². The van der Waals surface area contributed by atoms with Crippen LogP contribution in [0, 0.1) is 0 Å². The molecule has 2 aromatic rings. The van der Waals surface area contributed by atoms with E-state index in [1.807, 2.05) is 0 Å². The van der Waals surface area contributed by atoms with Crippen LogP contribution in [0.5, 0.6) is 0 Å². The molecule has 5 N–H and O–H groups in total. The van der Waals surface area contributed by atoms with Crippen LogP contribution in [0.25, 0.3) is 10.9 Å². The molecule has 0 spiro atoms. The van der Waals surface area contributed by atoms with Crippen LogP contribution in [0.2, 0.25) is 0 Å². The van der Waals surface area contributed by atoms with E-state index in [2.05, 4.69) is 14.9 Å². The molecule has 0 bridgehead atoms. The minimum Gasteiger partial charge on any atom is -0.467 e. The van der Waals surface area contributed by atoms with Crippen LogP contribution in [0.4, 0.5) is 5.82 Å². The number of hydrogen-bond donors (Lipinski definition) is 4. The van der Waals surface area contributed by atoms with Crippen molar-refractivity contribution >= 4 is 22.7 Å². The molecule has 18 heavy (non-hydrogen) atoms. The molecule has 0 aliphatic carbocycles. The quantitative estimate of drug-likeness (QED) is 0.556. The average molecular weight is 251 g/mol. The van der Waals surface area contributed by atoms with Gasteiger partial charge in [0.05, 0.1) is 12.6 Å². The fraction of sp³-hybridized carbons (Fsp3) is 0.273. The van der Waals surface area contributed by atoms with Crippen LogP contribution in [-0.4, -0.2) is 39.6 Å². The molecule has 0 aliphatic heterocycles. The first-order chi connectivity index (χ1) is 8.54. The fourth-order valence-electron chi connectivity index (χ4n) is 1.67. The second-order valence-corrected chi connectivity index (χ2v) is 3.83.